The number of rotatable bonds is 3. The third-order valence-corrected chi connectivity index (χ3v) is 5.36. The number of aromatic nitrogens is 1. The van der Waals surface area contributed by atoms with E-state index in [9.17, 15) is 0 Å². The summed E-state index contributed by atoms with van der Waals surface area (Å²) in [5.41, 5.74) is 10.9. The zero-order valence-corrected chi connectivity index (χ0v) is 11.7. The average molecular weight is 317 g/mol. The molecule has 0 amide bonds. The van der Waals surface area contributed by atoms with Crippen LogP contribution in [0.1, 0.15) is 4.88 Å². The van der Waals surface area contributed by atoms with E-state index in [2.05, 4.69) is 4.98 Å². The van der Waals surface area contributed by atoms with Crippen molar-refractivity contribution in [2.75, 3.05) is 12.3 Å². The molecular formula is C6H11AsCl2N4S. The van der Waals surface area contributed by atoms with Crippen molar-refractivity contribution >= 4 is 61.5 Å². The molecule has 0 bridgehead atoms. The Morgan fingerprint density at radius 1 is 1.50 bits per heavy atom. The van der Waals surface area contributed by atoms with Crippen LogP contribution in [-0.2, 0) is 0 Å². The molecule has 0 saturated carbocycles. The number of hydrogen-bond donors (Lipinski definition) is 2. The second-order valence-electron chi connectivity index (χ2n) is 2.06. The van der Waals surface area contributed by atoms with Gasteiger partial charge >= 0.3 is 81.1 Å². The minimum atomic E-state index is -0.252. The van der Waals surface area contributed by atoms with Crippen LogP contribution < -0.4 is 15.3 Å². The zero-order chi connectivity index (χ0) is 8.97. The van der Waals surface area contributed by atoms with Crippen molar-refractivity contribution in [1.82, 2.24) is 4.98 Å². The number of hydrogen-bond acceptors (Lipinski definition) is 5. The third kappa shape index (κ3) is 4.49. The van der Waals surface area contributed by atoms with Gasteiger partial charge in [-0.2, -0.15) is 0 Å². The van der Waals surface area contributed by atoms with E-state index in [1.54, 1.807) is 0 Å². The van der Waals surface area contributed by atoms with Crippen molar-refractivity contribution in [3.8, 4) is 6.07 Å². The fourth-order valence-electron chi connectivity index (χ4n) is 0.667. The van der Waals surface area contributed by atoms with Crippen LogP contribution in [0.25, 0.3) is 0 Å². The van der Waals surface area contributed by atoms with Gasteiger partial charge in [-0.3, -0.25) is 0 Å². The molecular weight excluding hydrogens is 306 g/mol. The van der Waals surface area contributed by atoms with E-state index >= 15 is 0 Å². The maximum absolute atomic E-state index is 8.59. The van der Waals surface area contributed by atoms with Crippen molar-refractivity contribution in [2.45, 2.75) is 5.21 Å². The van der Waals surface area contributed by atoms with E-state index in [-0.39, 0.29) is 40.6 Å². The van der Waals surface area contributed by atoms with Gasteiger partial charge in [-0.25, -0.2) is 0 Å². The molecule has 1 rings (SSSR count). The standard InChI is InChI=1S/C6H9AsN4S.2ClH/c8-2-1-7-6-11-5(10)4(3-9)12-6;;/h7H,1-2,8,10H2;2*1H. The molecule has 0 spiro atoms. The van der Waals surface area contributed by atoms with Crippen molar-refractivity contribution in [1.29, 1.82) is 5.26 Å². The molecule has 1 heterocycles. The molecule has 8 heteroatoms. The molecule has 0 aromatic carbocycles. The topological polar surface area (TPSA) is 88.7 Å². The summed E-state index contributed by atoms with van der Waals surface area (Å²) in [5.74, 6) is 0.373. The van der Waals surface area contributed by atoms with E-state index in [0.717, 1.165) is 9.00 Å². The second kappa shape index (κ2) is 8.34. The van der Waals surface area contributed by atoms with E-state index in [0.29, 0.717) is 17.2 Å². The third-order valence-electron chi connectivity index (χ3n) is 1.18. The van der Waals surface area contributed by atoms with Crippen LogP contribution in [0.5, 0.6) is 0 Å². The molecule has 0 saturated heterocycles. The monoisotopic (exact) mass is 316 g/mol. The molecule has 80 valence electrons. The molecule has 4 N–H and O–H groups in total. The van der Waals surface area contributed by atoms with Crippen LogP contribution in [0.3, 0.4) is 0 Å². The first-order valence-corrected chi connectivity index (χ1v) is 6.73. The Balaban J connectivity index is 0. The number of nitrogens with two attached hydrogens (primary N) is 2. The summed E-state index contributed by atoms with van der Waals surface area (Å²) in [7, 11) is 0. The van der Waals surface area contributed by atoms with Gasteiger partial charge in [0.15, 0.2) is 0 Å². The summed E-state index contributed by atoms with van der Waals surface area (Å²) in [6.07, 6.45) is 0. The van der Waals surface area contributed by atoms with Crippen LogP contribution in [-0.4, -0.2) is 27.3 Å². The van der Waals surface area contributed by atoms with Gasteiger partial charge in [-0.1, -0.05) is 0 Å². The number of nitriles is 1. The number of anilines is 1. The van der Waals surface area contributed by atoms with E-state index in [1.807, 2.05) is 6.07 Å². The van der Waals surface area contributed by atoms with Gasteiger partial charge in [0.25, 0.3) is 0 Å². The molecule has 14 heavy (non-hydrogen) atoms. The Labute approximate surface area is 106 Å². The summed E-state index contributed by atoms with van der Waals surface area (Å²) in [4.78, 5) is 4.63. The fourth-order valence-corrected chi connectivity index (χ4v) is 4.07. The Bertz CT molecular complexity index is 311. The van der Waals surface area contributed by atoms with Gasteiger partial charge in [-0.05, 0) is 0 Å². The number of halogens is 2. The van der Waals surface area contributed by atoms with Crippen molar-refractivity contribution < 1.29 is 0 Å². The SMILES string of the molecule is Cl.Cl.N#Cc1sc([AsH]CCN)nc1N. The van der Waals surface area contributed by atoms with Crippen LogP contribution in [0.15, 0.2) is 0 Å². The summed E-state index contributed by atoms with van der Waals surface area (Å²) >= 11 is 1.15. The molecule has 1 aromatic heterocycles. The Morgan fingerprint density at radius 3 is 2.57 bits per heavy atom. The van der Waals surface area contributed by atoms with E-state index in [1.165, 1.54) is 11.3 Å². The molecule has 0 aliphatic carbocycles. The fraction of sp³-hybridized carbons (Fsp3) is 0.333. The van der Waals surface area contributed by atoms with Gasteiger partial charge in [0.2, 0.25) is 0 Å². The zero-order valence-electron chi connectivity index (χ0n) is 7.19. The van der Waals surface area contributed by atoms with Crippen molar-refractivity contribution in [3.05, 3.63) is 4.88 Å². The second-order valence-corrected chi connectivity index (χ2v) is 6.60. The maximum atomic E-state index is 8.59. The quantitative estimate of drug-likeness (QED) is 0.761. The van der Waals surface area contributed by atoms with Gasteiger partial charge in [0.05, 0.1) is 0 Å². The summed E-state index contributed by atoms with van der Waals surface area (Å²) in [6, 6.07) is 2.01. The molecule has 0 aliphatic heterocycles. The van der Waals surface area contributed by atoms with Crippen LogP contribution >= 0.6 is 36.2 Å². The van der Waals surface area contributed by atoms with E-state index in [4.69, 9.17) is 16.7 Å². The van der Waals surface area contributed by atoms with Crippen molar-refractivity contribution in [2.24, 2.45) is 5.73 Å². The van der Waals surface area contributed by atoms with Gasteiger partial charge < -0.3 is 0 Å². The number of nitrogen functional groups attached to an aromatic ring is 1. The molecule has 4 nitrogen and oxygen atoms in total. The Kier molecular flexibility index (Phi) is 9.79. The molecule has 1 unspecified atom stereocenters. The minimum absolute atomic E-state index is 0. The number of nitrogens with zero attached hydrogens (tertiary/aromatic N) is 2. The number of thiazole rings is 1. The molecule has 1 atom stereocenters. The predicted octanol–water partition coefficient (Wildman–Crippen LogP) is -0.121. The van der Waals surface area contributed by atoms with Gasteiger partial charge in [-0.15, -0.1) is 24.8 Å². The molecule has 0 fully saturated rings. The van der Waals surface area contributed by atoms with Gasteiger partial charge in [0, 0.05) is 0 Å². The van der Waals surface area contributed by atoms with Crippen molar-refractivity contribution in [3.63, 3.8) is 0 Å². The summed E-state index contributed by atoms with van der Waals surface area (Å²) < 4.78 is 1.02. The predicted molar refractivity (Wildman–Crippen MR) is 66.4 cm³/mol. The molecule has 0 radical (unpaired) electrons. The van der Waals surface area contributed by atoms with Crippen LogP contribution in [0.2, 0.25) is 5.21 Å². The first kappa shape index (κ1) is 16.4. The van der Waals surface area contributed by atoms with E-state index < -0.39 is 0 Å². The first-order chi connectivity index (χ1) is 5.77. The molecule has 0 aliphatic rings. The molecule has 1 aromatic rings. The summed E-state index contributed by atoms with van der Waals surface area (Å²) in [6.45, 7) is 0.696. The Morgan fingerprint density at radius 2 is 2.14 bits per heavy atom. The normalized spacial score (nSPS) is 9.14. The van der Waals surface area contributed by atoms with Gasteiger partial charge in [0.1, 0.15) is 0 Å². The first-order valence-electron chi connectivity index (χ1n) is 3.38. The van der Waals surface area contributed by atoms with Crippen LogP contribution in [0, 0.1) is 11.3 Å². The summed E-state index contributed by atoms with van der Waals surface area (Å²) in [5, 5.41) is 9.60. The van der Waals surface area contributed by atoms with Crippen LogP contribution in [0.4, 0.5) is 5.82 Å². The Hall–Kier alpha value is 0.0184. The average Bonchev–Trinajstić information content (AvgIpc) is 2.43.